The molecular formula is C30H28BrN3O5. The molecule has 0 atom stereocenters. The highest BCUT2D eigenvalue weighted by Gasteiger charge is 2.35. The van der Waals surface area contributed by atoms with Crippen LogP contribution in [0.15, 0.2) is 83.5 Å². The summed E-state index contributed by atoms with van der Waals surface area (Å²) in [6.45, 7) is 5.66. The number of hydrogen-bond acceptors (Lipinski definition) is 5. The maximum atomic E-state index is 13.0. The van der Waals surface area contributed by atoms with E-state index in [1.165, 1.54) is 7.11 Å². The minimum Gasteiger partial charge on any atom is -0.493 e. The van der Waals surface area contributed by atoms with Gasteiger partial charge in [0.25, 0.3) is 5.91 Å². The number of methoxy groups -OCH3 is 1. The molecule has 0 saturated carbocycles. The number of carbonyl (C=O) groups excluding carboxylic acids is 3. The van der Waals surface area contributed by atoms with Gasteiger partial charge in [0.2, 0.25) is 5.91 Å². The minimum atomic E-state index is -0.668. The van der Waals surface area contributed by atoms with Gasteiger partial charge in [-0.2, -0.15) is 0 Å². The molecule has 9 heteroatoms. The van der Waals surface area contributed by atoms with Gasteiger partial charge in [0, 0.05) is 15.7 Å². The van der Waals surface area contributed by atoms with Gasteiger partial charge in [0.1, 0.15) is 18.8 Å². The van der Waals surface area contributed by atoms with Crippen LogP contribution in [0, 0.1) is 6.92 Å². The average Bonchev–Trinajstić information content (AvgIpc) is 3.16. The number of ether oxygens (including phenoxy) is 2. The first kappa shape index (κ1) is 27.7. The Kier molecular flexibility index (Phi) is 8.83. The van der Waals surface area contributed by atoms with Gasteiger partial charge in [0.15, 0.2) is 11.5 Å². The van der Waals surface area contributed by atoms with Crippen LogP contribution in [0.2, 0.25) is 0 Å². The zero-order valence-electron chi connectivity index (χ0n) is 21.6. The van der Waals surface area contributed by atoms with Crippen LogP contribution in [0.3, 0.4) is 0 Å². The van der Waals surface area contributed by atoms with E-state index in [4.69, 9.17) is 9.47 Å². The van der Waals surface area contributed by atoms with E-state index < -0.39 is 24.4 Å². The number of allylic oxidation sites excluding steroid dienone is 1. The van der Waals surface area contributed by atoms with E-state index in [9.17, 15) is 14.4 Å². The molecule has 200 valence electrons. The Morgan fingerprint density at radius 1 is 1.13 bits per heavy atom. The van der Waals surface area contributed by atoms with Crippen LogP contribution < -0.4 is 20.1 Å². The minimum absolute atomic E-state index is 0.0542. The van der Waals surface area contributed by atoms with Crippen LogP contribution in [0.4, 0.5) is 10.5 Å². The van der Waals surface area contributed by atoms with Crippen molar-refractivity contribution in [3.8, 4) is 11.5 Å². The lowest BCUT2D eigenvalue weighted by Crippen LogP contribution is -2.38. The van der Waals surface area contributed by atoms with Crippen molar-refractivity contribution in [2.24, 2.45) is 0 Å². The van der Waals surface area contributed by atoms with E-state index >= 15 is 0 Å². The molecule has 0 aromatic heterocycles. The number of anilines is 1. The molecule has 1 fully saturated rings. The number of rotatable bonds is 10. The van der Waals surface area contributed by atoms with Gasteiger partial charge >= 0.3 is 6.03 Å². The number of halogens is 1. The fourth-order valence-electron chi connectivity index (χ4n) is 4.07. The number of hydrogen-bond donors (Lipinski definition) is 2. The first-order chi connectivity index (χ1) is 18.8. The molecule has 8 nitrogen and oxygen atoms in total. The summed E-state index contributed by atoms with van der Waals surface area (Å²) >= 11 is 3.43. The number of nitrogens with zero attached hydrogens (tertiary/aromatic N) is 1. The van der Waals surface area contributed by atoms with Crippen LogP contribution in [0.1, 0.15) is 22.3 Å². The number of nitrogens with one attached hydrogen (secondary N) is 2. The molecule has 0 radical (unpaired) electrons. The lowest BCUT2D eigenvalue weighted by atomic mass is 10.0. The summed E-state index contributed by atoms with van der Waals surface area (Å²) in [5, 5.41) is 5.27. The zero-order chi connectivity index (χ0) is 27.9. The number of urea groups is 1. The number of benzene rings is 3. The normalized spacial score (nSPS) is 13.8. The summed E-state index contributed by atoms with van der Waals surface area (Å²) in [5.74, 6) is -0.0325. The van der Waals surface area contributed by atoms with Crippen molar-refractivity contribution in [1.29, 1.82) is 0 Å². The SMILES string of the molecule is C=CCc1cc(/C=C2/NC(=O)N(CC(=O)Nc3cccc(C)c3)C2=O)cc(OC)c1OCc1ccc(Br)cc1. The summed E-state index contributed by atoms with van der Waals surface area (Å²) in [7, 11) is 1.54. The molecule has 0 bridgehead atoms. The lowest BCUT2D eigenvalue weighted by molar-refractivity contribution is -0.127. The van der Waals surface area contributed by atoms with E-state index in [2.05, 4.69) is 33.1 Å². The fraction of sp³-hybridized carbons (Fsp3) is 0.167. The Bertz CT molecular complexity index is 1450. The van der Waals surface area contributed by atoms with Crippen molar-refractivity contribution in [3.05, 3.63) is 106 Å². The molecule has 1 heterocycles. The van der Waals surface area contributed by atoms with Gasteiger partial charge in [-0.25, -0.2) is 9.69 Å². The summed E-state index contributed by atoms with van der Waals surface area (Å²) < 4.78 is 12.7. The van der Waals surface area contributed by atoms with Gasteiger partial charge < -0.3 is 20.1 Å². The maximum absolute atomic E-state index is 13.0. The Hall–Kier alpha value is -4.37. The molecule has 0 unspecified atom stereocenters. The molecule has 4 rings (SSSR count). The van der Waals surface area contributed by atoms with E-state index in [0.29, 0.717) is 35.8 Å². The largest absolute Gasteiger partial charge is 0.493 e. The molecule has 2 N–H and O–H groups in total. The second-order valence-corrected chi connectivity index (χ2v) is 9.83. The van der Waals surface area contributed by atoms with Crippen molar-refractivity contribution >= 4 is 45.5 Å². The van der Waals surface area contributed by atoms with Gasteiger partial charge in [-0.3, -0.25) is 9.59 Å². The first-order valence-corrected chi connectivity index (χ1v) is 13.0. The van der Waals surface area contributed by atoms with Crippen LogP contribution in [-0.4, -0.2) is 36.4 Å². The van der Waals surface area contributed by atoms with Crippen molar-refractivity contribution in [2.45, 2.75) is 20.0 Å². The van der Waals surface area contributed by atoms with Crippen LogP contribution in [0.5, 0.6) is 11.5 Å². The highest BCUT2D eigenvalue weighted by atomic mass is 79.9. The third kappa shape index (κ3) is 6.94. The Morgan fingerprint density at radius 3 is 2.59 bits per heavy atom. The highest BCUT2D eigenvalue weighted by molar-refractivity contribution is 9.10. The first-order valence-electron chi connectivity index (χ1n) is 12.2. The summed E-state index contributed by atoms with van der Waals surface area (Å²) in [6.07, 6.45) is 3.79. The molecule has 0 aliphatic carbocycles. The van der Waals surface area contributed by atoms with Crippen LogP contribution in [-0.2, 0) is 22.6 Å². The van der Waals surface area contributed by atoms with Crippen LogP contribution >= 0.6 is 15.9 Å². The second kappa shape index (κ2) is 12.4. The van der Waals surface area contributed by atoms with Crippen molar-refractivity contribution < 1.29 is 23.9 Å². The summed E-state index contributed by atoms with van der Waals surface area (Å²) in [4.78, 5) is 38.9. The van der Waals surface area contributed by atoms with Gasteiger partial charge in [0.05, 0.1) is 7.11 Å². The molecular weight excluding hydrogens is 562 g/mol. The predicted octanol–water partition coefficient (Wildman–Crippen LogP) is 5.61. The van der Waals surface area contributed by atoms with Crippen molar-refractivity contribution in [1.82, 2.24) is 10.2 Å². The van der Waals surface area contributed by atoms with Crippen LogP contribution in [0.25, 0.3) is 6.08 Å². The van der Waals surface area contributed by atoms with E-state index in [1.807, 2.05) is 49.4 Å². The molecule has 3 aromatic carbocycles. The number of aryl methyl sites for hydroxylation is 1. The zero-order valence-corrected chi connectivity index (χ0v) is 23.2. The van der Waals surface area contributed by atoms with Crippen molar-refractivity contribution in [3.63, 3.8) is 0 Å². The Labute approximate surface area is 235 Å². The quantitative estimate of drug-likeness (QED) is 0.182. The van der Waals surface area contributed by atoms with E-state index in [1.54, 1.807) is 30.4 Å². The Morgan fingerprint density at radius 2 is 1.90 bits per heavy atom. The predicted molar refractivity (Wildman–Crippen MR) is 153 cm³/mol. The summed E-state index contributed by atoms with van der Waals surface area (Å²) in [6, 6.07) is 18.0. The maximum Gasteiger partial charge on any atom is 0.329 e. The van der Waals surface area contributed by atoms with Crippen molar-refractivity contribution in [2.75, 3.05) is 19.0 Å². The van der Waals surface area contributed by atoms with Gasteiger partial charge in [-0.1, -0.05) is 46.3 Å². The standard InChI is InChI=1S/C30H28BrN3O5/c1-4-6-22-14-21(16-26(38-3)28(22)39-18-20-9-11-23(31)12-10-20)15-25-29(36)34(30(37)33-25)17-27(35)32-24-8-5-7-19(2)13-24/h4-5,7-16H,1,6,17-18H2,2-3H3,(H,32,35)(H,33,37)/b25-15+. The number of carbonyl (C=O) groups is 3. The molecule has 1 aliphatic heterocycles. The molecule has 39 heavy (non-hydrogen) atoms. The highest BCUT2D eigenvalue weighted by Crippen LogP contribution is 2.35. The van der Waals surface area contributed by atoms with E-state index in [0.717, 1.165) is 26.1 Å². The lowest BCUT2D eigenvalue weighted by Gasteiger charge is -2.16. The van der Waals surface area contributed by atoms with E-state index in [-0.39, 0.29) is 5.70 Å². The number of amides is 4. The number of imide groups is 1. The smallest absolute Gasteiger partial charge is 0.329 e. The fourth-order valence-corrected chi connectivity index (χ4v) is 4.34. The van der Waals surface area contributed by atoms with Gasteiger partial charge in [-0.05, 0) is 72.5 Å². The third-order valence-electron chi connectivity index (χ3n) is 5.91. The molecule has 3 aromatic rings. The third-order valence-corrected chi connectivity index (χ3v) is 6.44. The molecule has 1 saturated heterocycles. The molecule has 4 amide bonds. The molecule has 0 spiro atoms. The van der Waals surface area contributed by atoms with Gasteiger partial charge in [-0.15, -0.1) is 6.58 Å². The Balaban J connectivity index is 1.52. The average molecular weight is 590 g/mol. The second-order valence-electron chi connectivity index (χ2n) is 8.92. The molecule has 1 aliphatic rings. The summed E-state index contributed by atoms with van der Waals surface area (Å²) in [5.41, 5.74) is 4.03. The monoisotopic (exact) mass is 589 g/mol. The topological polar surface area (TPSA) is 97.0 Å².